The average molecular weight is 309 g/mol. The first-order valence-electron chi connectivity index (χ1n) is 7.58. The molecule has 0 saturated heterocycles. The number of aliphatic hydroxyl groups is 1. The molecule has 0 radical (unpaired) electrons. The van der Waals surface area contributed by atoms with Gasteiger partial charge in [-0.25, -0.2) is 4.98 Å². The first-order chi connectivity index (χ1) is 11.1. The van der Waals surface area contributed by atoms with Crippen molar-refractivity contribution in [1.29, 1.82) is 0 Å². The van der Waals surface area contributed by atoms with Crippen LogP contribution in [0, 0.1) is 0 Å². The summed E-state index contributed by atoms with van der Waals surface area (Å²) in [6.45, 7) is 1.81. The molecule has 2 aromatic heterocycles. The molecule has 1 aromatic carbocycles. The second kappa shape index (κ2) is 6.62. The molecule has 2 heterocycles. The van der Waals surface area contributed by atoms with Crippen molar-refractivity contribution in [2.24, 2.45) is 0 Å². The van der Waals surface area contributed by atoms with E-state index in [0.717, 1.165) is 11.1 Å². The molecule has 23 heavy (non-hydrogen) atoms. The fourth-order valence-electron chi connectivity index (χ4n) is 2.48. The van der Waals surface area contributed by atoms with Crippen LogP contribution in [0.15, 0.2) is 61.2 Å². The van der Waals surface area contributed by atoms with Crippen LogP contribution < -0.4 is 5.32 Å². The molecule has 0 aliphatic rings. The van der Waals surface area contributed by atoms with E-state index < -0.39 is 6.10 Å². The van der Waals surface area contributed by atoms with Crippen LogP contribution in [0.2, 0.25) is 0 Å². The van der Waals surface area contributed by atoms with Crippen LogP contribution in [0.4, 0.5) is 0 Å². The fourth-order valence-corrected chi connectivity index (χ4v) is 2.48. The summed E-state index contributed by atoms with van der Waals surface area (Å²) in [5.41, 5.74) is 2.45. The van der Waals surface area contributed by atoms with E-state index in [9.17, 15) is 9.90 Å². The van der Waals surface area contributed by atoms with Gasteiger partial charge in [-0.2, -0.15) is 0 Å². The highest BCUT2D eigenvalue weighted by atomic mass is 16.3. The van der Waals surface area contributed by atoms with Gasteiger partial charge in [0.1, 0.15) is 0 Å². The van der Waals surface area contributed by atoms with Crippen molar-refractivity contribution < 1.29 is 9.90 Å². The van der Waals surface area contributed by atoms with Crippen molar-refractivity contribution in [2.75, 3.05) is 0 Å². The molecular formula is C18H19N3O2. The third-order valence-corrected chi connectivity index (χ3v) is 3.90. The van der Waals surface area contributed by atoms with Gasteiger partial charge in [0.15, 0.2) is 0 Å². The highest BCUT2D eigenvalue weighted by Gasteiger charge is 2.18. The summed E-state index contributed by atoms with van der Waals surface area (Å²) in [4.78, 5) is 16.4. The summed E-state index contributed by atoms with van der Waals surface area (Å²) in [5, 5.41) is 13.1. The summed E-state index contributed by atoms with van der Waals surface area (Å²) in [6.07, 6.45) is 5.04. The third kappa shape index (κ3) is 3.57. The fraction of sp³-hybridized carbons (Fsp3) is 0.222. The maximum Gasteiger partial charge on any atom is 0.251 e. The van der Waals surface area contributed by atoms with Gasteiger partial charge >= 0.3 is 0 Å². The van der Waals surface area contributed by atoms with Crippen LogP contribution in [0.5, 0.6) is 0 Å². The first-order valence-corrected chi connectivity index (χ1v) is 7.58. The predicted molar refractivity (Wildman–Crippen MR) is 88.3 cm³/mol. The number of fused-ring (bicyclic) bond motifs is 1. The van der Waals surface area contributed by atoms with Gasteiger partial charge in [-0.15, -0.1) is 0 Å². The van der Waals surface area contributed by atoms with Gasteiger partial charge in [0, 0.05) is 18.2 Å². The number of amides is 1. The standard InChI is InChI=1S/C18H19N3O2/c1-13(17(22)9-14-5-3-2-4-6-14)20-18(23)15-7-8-21-12-19-11-16(21)10-15/h2-8,10-13,17,22H,9H2,1H3,(H,20,23). The van der Waals surface area contributed by atoms with E-state index in [4.69, 9.17) is 0 Å². The van der Waals surface area contributed by atoms with Gasteiger partial charge < -0.3 is 14.8 Å². The Balaban J connectivity index is 1.64. The molecule has 2 N–H and O–H groups in total. The van der Waals surface area contributed by atoms with Crippen molar-refractivity contribution in [2.45, 2.75) is 25.5 Å². The highest BCUT2D eigenvalue weighted by Crippen LogP contribution is 2.09. The van der Waals surface area contributed by atoms with E-state index >= 15 is 0 Å². The Labute approximate surface area is 134 Å². The van der Waals surface area contributed by atoms with E-state index in [-0.39, 0.29) is 11.9 Å². The Morgan fingerprint density at radius 1 is 1.30 bits per heavy atom. The molecule has 3 rings (SSSR count). The van der Waals surface area contributed by atoms with Crippen LogP contribution in [-0.2, 0) is 6.42 Å². The smallest absolute Gasteiger partial charge is 0.251 e. The second-order valence-electron chi connectivity index (χ2n) is 5.66. The summed E-state index contributed by atoms with van der Waals surface area (Å²) < 4.78 is 1.84. The lowest BCUT2D eigenvalue weighted by Gasteiger charge is -2.20. The number of hydrogen-bond acceptors (Lipinski definition) is 3. The number of carbonyl (C=O) groups is 1. The maximum atomic E-state index is 12.3. The third-order valence-electron chi connectivity index (χ3n) is 3.90. The van der Waals surface area contributed by atoms with Gasteiger partial charge in [-0.1, -0.05) is 30.3 Å². The minimum Gasteiger partial charge on any atom is -0.391 e. The van der Waals surface area contributed by atoms with E-state index in [1.54, 1.807) is 30.9 Å². The molecule has 0 fully saturated rings. The minimum absolute atomic E-state index is 0.201. The van der Waals surface area contributed by atoms with Crippen molar-refractivity contribution in [3.63, 3.8) is 0 Å². The van der Waals surface area contributed by atoms with Crippen LogP contribution in [0.1, 0.15) is 22.8 Å². The van der Waals surface area contributed by atoms with E-state index in [1.165, 1.54) is 0 Å². The lowest BCUT2D eigenvalue weighted by Crippen LogP contribution is -2.42. The molecule has 0 spiro atoms. The lowest BCUT2D eigenvalue weighted by atomic mass is 10.0. The summed E-state index contributed by atoms with van der Waals surface area (Å²) in [6, 6.07) is 12.9. The second-order valence-corrected chi connectivity index (χ2v) is 5.66. The highest BCUT2D eigenvalue weighted by molar-refractivity contribution is 5.95. The quantitative estimate of drug-likeness (QED) is 0.758. The van der Waals surface area contributed by atoms with Crippen molar-refractivity contribution in [1.82, 2.24) is 14.7 Å². The number of carbonyl (C=O) groups excluding carboxylic acids is 1. The zero-order chi connectivity index (χ0) is 16.2. The normalized spacial score (nSPS) is 13.7. The van der Waals surface area contributed by atoms with Crippen LogP contribution in [-0.4, -0.2) is 32.5 Å². The van der Waals surface area contributed by atoms with Gasteiger partial charge in [-0.3, -0.25) is 4.79 Å². The topological polar surface area (TPSA) is 66.6 Å². The van der Waals surface area contributed by atoms with E-state index in [1.807, 2.05) is 41.7 Å². The van der Waals surface area contributed by atoms with Crippen molar-refractivity contribution in [3.05, 3.63) is 72.3 Å². The minimum atomic E-state index is -0.639. The molecule has 2 atom stereocenters. The zero-order valence-electron chi connectivity index (χ0n) is 12.9. The summed E-state index contributed by atoms with van der Waals surface area (Å²) in [7, 11) is 0. The number of aromatic nitrogens is 2. The number of imidazole rings is 1. The maximum absolute atomic E-state index is 12.3. The number of rotatable bonds is 5. The Hall–Kier alpha value is -2.66. The number of benzene rings is 1. The number of pyridine rings is 1. The monoisotopic (exact) mass is 309 g/mol. The van der Waals surface area contributed by atoms with Crippen LogP contribution >= 0.6 is 0 Å². The lowest BCUT2D eigenvalue weighted by molar-refractivity contribution is 0.0852. The van der Waals surface area contributed by atoms with Crippen molar-refractivity contribution >= 4 is 11.4 Å². The molecule has 5 nitrogen and oxygen atoms in total. The number of hydrogen-bond donors (Lipinski definition) is 2. The Kier molecular flexibility index (Phi) is 4.39. The molecule has 118 valence electrons. The molecular weight excluding hydrogens is 290 g/mol. The van der Waals surface area contributed by atoms with Crippen LogP contribution in [0.3, 0.4) is 0 Å². The zero-order valence-corrected chi connectivity index (χ0v) is 12.9. The Morgan fingerprint density at radius 3 is 2.87 bits per heavy atom. The predicted octanol–water partition coefficient (Wildman–Crippen LogP) is 2.06. The number of nitrogens with zero attached hydrogens (tertiary/aromatic N) is 2. The number of aliphatic hydroxyl groups excluding tert-OH is 1. The summed E-state index contributed by atoms with van der Waals surface area (Å²) >= 11 is 0. The van der Waals surface area contributed by atoms with E-state index in [0.29, 0.717) is 12.0 Å². The Bertz CT molecular complexity index is 798. The van der Waals surface area contributed by atoms with E-state index in [2.05, 4.69) is 10.3 Å². The van der Waals surface area contributed by atoms with Crippen LogP contribution in [0.25, 0.3) is 5.52 Å². The van der Waals surface area contributed by atoms with Gasteiger partial charge in [0.2, 0.25) is 0 Å². The average Bonchev–Trinajstić information content (AvgIpc) is 3.03. The van der Waals surface area contributed by atoms with Crippen molar-refractivity contribution in [3.8, 4) is 0 Å². The molecule has 2 unspecified atom stereocenters. The summed E-state index contributed by atoms with van der Waals surface area (Å²) in [5.74, 6) is -0.201. The van der Waals surface area contributed by atoms with Gasteiger partial charge in [0.25, 0.3) is 5.91 Å². The molecule has 0 aliphatic heterocycles. The van der Waals surface area contributed by atoms with Gasteiger partial charge in [0.05, 0.1) is 30.2 Å². The molecule has 0 saturated carbocycles. The molecule has 1 amide bonds. The first kappa shape index (κ1) is 15.2. The molecule has 3 aromatic rings. The SMILES string of the molecule is CC(NC(=O)c1ccn2cncc2c1)C(O)Cc1ccccc1. The largest absolute Gasteiger partial charge is 0.391 e. The Morgan fingerprint density at radius 2 is 2.09 bits per heavy atom. The van der Waals surface area contributed by atoms with Gasteiger partial charge in [-0.05, 0) is 24.6 Å². The molecule has 0 aliphatic carbocycles. The number of nitrogens with one attached hydrogen (secondary N) is 1. The molecule has 5 heteroatoms. The molecule has 0 bridgehead atoms.